The first-order chi connectivity index (χ1) is 6.15. The highest BCUT2D eigenvalue weighted by Crippen LogP contribution is 2.29. The van der Waals surface area contributed by atoms with Gasteiger partial charge in [0.15, 0.2) is 0 Å². The molecule has 13 heavy (non-hydrogen) atoms. The predicted molar refractivity (Wildman–Crippen MR) is 51.4 cm³/mol. The van der Waals surface area contributed by atoms with Gasteiger partial charge in [-0.1, -0.05) is 13.8 Å². The lowest BCUT2D eigenvalue weighted by atomic mass is 10.1. The molecule has 1 aliphatic carbocycles. The highest BCUT2D eigenvalue weighted by atomic mass is 16.5. The van der Waals surface area contributed by atoms with E-state index in [1.54, 1.807) is 7.05 Å². The van der Waals surface area contributed by atoms with E-state index in [-0.39, 0.29) is 17.9 Å². The molecule has 3 heteroatoms. The summed E-state index contributed by atoms with van der Waals surface area (Å²) in [6, 6.07) is 0. The molecular weight excluding hydrogens is 166 g/mol. The molecule has 0 aromatic carbocycles. The number of ether oxygens (including phenoxy) is 1. The first kappa shape index (κ1) is 10.5. The number of carbonyl (C=O) groups is 1. The standard InChI is InChI=1S/C10H19NO2/c1-7(2)9(10(12)11-3)13-6-8-4-5-8/h7-9H,4-6H2,1-3H3,(H,11,12). The van der Waals surface area contributed by atoms with Gasteiger partial charge in [-0.15, -0.1) is 0 Å². The van der Waals surface area contributed by atoms with Crippen molar-refractivity contribution in [2.75, 3.05) is 13.7 Å². The molecule has 1 saturated carbocycles. The lowest BCUT2D eigenvalue weighted by molar-refractivity contribution is -0.135. The summed E-state index contributed by atoms with van der Waals surface area (Å²) in [5.74, 6) is 0.959. The lowest BCUT2D eigenvalue weighted by Crippen LogP contribution is -2.38. The average Bonchev–Trinajstić information content (AvgIpc) is 2.87. The maximum atomic E-state index is 11.4. The highest BCUT2D eigenvalue weighted by Gasteiger charge is 2.27. The molecule has 0 radical (unpaired) electrons. The van der Waals surface area contributed by atoms with Crippen molar-refractivity contribution in [3.05, 3.63) is 0 Å². The van der Waals surface area contributed by atoms with Gasteiger partial charge in [-0.2, -0.15) is 0 Å². The van der Waals surface area contributed by atoms with Gasteiger partial charge >= 0.3 is 0 Å². The summed E-state index contributed by atoms with van der Waals surface area (Å²) < 4.78 is 5.57. The number of hydrogen-bond donors (Lipinski definition) is 1. The monoisotopic (exact) mass is 185 g/mol. The number of carbonyl (C=O) groups excluding carboxylic acids is 1. The third-order valence-electron chi connectivity index (χ3n) is 2.32. The van der Waals surface area contributed by atoms with Crippen LogP contribution in [0.4, 0.5) is 0 Å². The van der Waals surface area contributed by atoms with E-state index in [1.165, 1.54) is 12.8 Å². The second-order valence-corrected chi connectivity index (χ2v) is 4.06. The van der Waals surface area contributed by atoms with Crippen molar-refractivity contribution >= 4 is 5.91 Å². The molecule has 0 spiro atoms. The second kappa shape index (κ2) is 4.61. The van der Waals surface area contributed by atoms with Gasteiger partial charge in [0.05, 0.1) is 6.61 Å². The van der Waals surface area contributed by atoms with Crippen LogP contribution >= 0.6 is 0 Å². The first-order valence-electron chi connectivity index (χ1n) is 4.98. The zero-order chi connectivity index (χ0) is 9.84. The number of amides is 1. The molecule has 1 unspecified atom stereocenters. The molecule has 1 fully saturated rings. The van der Waals surface area contributed by atoms with Crippen LogP contribution in [-0.4, -0.2) is 25.7 Å². The molecule has 0 aliphatic heterocycles. The topological polar surface area (TPSA) is 38.3 Å². The van der Waals surface area contributed by atoms with Crippen molar-refractivity contribution in [3.8, 4) is 0 Å². The molecule has 0 bridgehead atoms. The Labute approximate surface area is 79.8 Å². The van der Waals surface area contributed by atoms with E-state index in [9.17, 15) is 4.79 Å². The van der Waals surface area contributed by atoms with Crippen molar-refractivity contribution in [2.24, 2.45) is 11.8 Å². The predicted octanol–water partition coefficient (Wildman–Crippen LogP) is 1.18. The molecule has 1 aliphatic rings. The Morgan fingerprint density at radius 2 is 2.15 bits per heavy atom. The molecule has 1 amide bonds. The highest BCUT2D eigenvalue weighted by molar-refractivity contribution is 5.80. The summed E-state index contributed by atoms with van der Waals surface area (Å²) >= 11 is 0. The van der Waals surface area contributed by atoms with Gasteiger partial charge in [0.2, 0.25) is 5.91 Å². The van der Waals surface area contributed by atoms with E-state index in [0.29, 0.717) is 5.92 Å². The zero-order valence-corrected chi connectivity index (χ0v) is 8.67. The Bertz CT molecular complexity index is 176. The summed E-state index contributed by atoms with van der Waals surface area (Å²) in [5, 5.41) is 2.63. The summed E-state index contributed by atoms with van der Waals surface area (Å²) in [6.07, 6.45) is 2.25. The van der Waals surface area contributed by atoms with E-state index in [1.807, 2.05) is 13.8 Å². The van der Waals surface area contributed by atoms with Crippen LogP contribution in [0.1, 0.15) is 26.7 Å². The van der Waals surface area contributed by atoms with Crippen molar-refractivity contribution in [2.45, 2.75) is 32.8 Å². The Kier molecular flexibility index (Phi) is 3.72. The van der Waals surface area contributed by atoms with Crippen LogP contribution in [-0.2, 0) is 9.53 Å². The van der Waals surface area contributed by atoms with Crippen LogP contribution in [0.15, 0.2) is 0 Å². The third-order valence-corrected chi connectivity index (χ3v) is 2.32. The minimum atomic E-state index is -0.273. The SMILES string of the molecule is CNC(=O)C(OCC1CC1)C(C)C. The number of likely N-dealkylation sites (N-methyl/N-ethyl adjacent to an activating group) is 1. The smallest absolute Gasteiger partial charge is 0.249 e. The van der Waals surface area contributed by atoms with Crippen LogP contribution in [0.3, 0.4) is 0 Å². The van der Waals surface area contributed by atoms with Crippen LogP contribution < -0.4 is 5.32 Å². The minimum absolute atomic E-state index is 0.00403. The van der Waals surface area contributed by atoms with Crippen LogP contribution in [0.25, 0.3) is 0 Å². The zero-order valence-electron chi connectivity index (χ0n) is 8.67. The summed E-state index contributed by atoms with van der Waals surface area (Å²) in [4.78, 5) is 11.4. The molecule has 76 valence electrons. The average molecular weight is 185 g/mol. The summed E-state index contributed by atoms with van der Waals surface area (Å²) in [7, 11) is 1.65. The van der Waals surface area contributed by atoms with Crippen molar-refractivity contribution < 1.29 is 9.53 Å². The Morgan fingerprint density at radius 3 is 2.54 bits per heavy atom. The van der Waals surface area contributed by atoms with Gasteiger partial charge in [0.1, 0.15) is 6.10 Å². The van der Waals surface area contributed by atoms with Crippen LogP contribution in [0.2, 0.25) is 0 Å². The Morgan fingerprint density at radius 1 is 1.54 bits per heavy atom. The quantitative estimate of drug-likeness (QED) is 0.698. The van der Waals surface area contributed by atoms with Gasteiger partial charge in [-0.25, -0.2) is 0 Å². The van der Waals surface area contributed by atoms with Crippen molar-refractivity contribution in [3.63, 3.8) is 0 Å². The molecule has 0 aromatic heterocycles. The largest absolute Gasteiger partial charge is 0.368 e. The fraction of sp³-hybridized carbons (Fsp3) is 0.900. The van der Waals surface area contributed by atoms with Gasteiger partial charge in [0, 0.05) is 7.05 Å². The molecular formula is C10H19NO2. The van der Waals surface area contributed by atoms with Gasteiger partial charge in [-0.05, 0) is 24.7 Å². The van der Waals surface area contributed by atoms with E-state index < -0.39 is 0 Å². The molecule has 0 saturated heterocycles. The maximum Gasteiger partial charge on any atom is 0.249 e. The first-order valence-corrected chi connectivity index (χ1v) is 4.98. The fourth-order valence-electron chi connectivity index (χ4n) is 1.24. The molecule has 1 atom stereocenters. The lowest BCUT2D eigenvalue weighted by Gasteiger charge is -2.19. The summed E-state index contributed by atoms with van der Waals surface area (Å²) in [5.41, 5.74) is 0. The molecule has 1 N–H and O–H groups in total. The molecule has 0 aromatic rings. The number of hydrogen-bond acceptors (Lipinski definition) is 2. The fourth-order valence-corrected chi connectivity index (χ4v) is 1.24. The molecule has 0 heterocycles. The second-order valence-electron chi connectivity index (χ2n) is 4.06. The molecule has 1 rings (SSSR count). The maximum absolute atomic E-state index is 11.4. The van der Waals surface area contributed by atoms with E-state index in [2.05, 4.69) is 5.32 Å². The summed E-state index contributed by atoms with van der Waals surface area (Å²) in [6.45, 7) is 4.76. The van der Waals surface area contributed by atoms with Gasteiger partial charge in [0.25, 0.3) is 0 Å². The van der Waals surface area contributed by atoms with Crippen LogP contribution in [0, 0.1) is 11.8 Å². The van der Waals surface area contributed by atoms with Crippen molar-refractivity contribution in [1.29, 1.82) is 0 Å². The van der Waals surface area contributed by atoms with Gasteiger partial charge < -0.3 is 10.1 Å². The number of rotatable bonds is 5. The Hall–Kier alpha value is -0.570. The van der Waals surface area contributed by atoms with E-state index >= 15 is 0 Å². The van der Waals surface area contributed by atoms with Gasteiger partial charge in [-0.3, -0.25) is 4.79 Å². The normalized spacial score (nSPS) is 18.8. The van der Waals surface area contributed by atoms with Crippen molar-refractivity contribution in [1.82, 2.24) is 5.32 Å². The van der Waals surface area contributed by atoms with E-state index in [0.717, 1.165) is 6.61 Å². The minimum Gasteiger partial charge on any atom is -0.368 e. The van der Waals surface area contributed by atoms with Crippen LogP contribution in [0.5, 0.6) is 0 Å². The van der Waals surface area contributed by atoms with E-state index in [4.69, 9.17) is 4.74 Å². The number of nitrogens with one attached hydrogen (secondary N) is 1. The Balaban J connectivity index is 2.31. The third kappa shape index (κ3) is 3.35. The molecule has 3 nitrogen and oxygen atoms in total.